The maximum atomic E-state index is 11.2. The fraction of sp³-hybridized carbons (Fsp3) is 0.667. The minimum atomic E-state index is -0.894. The molecule has 0 aromatic heterocycles. The summed E-state index contributed by atoms with van der Waals surface area (Å²) in [6, 6.07) is 1.80. The number of carbonyl (C=O) groups is 2. The normalized spacial score (nSPS) is 11.5. The van der Waals surface area contributed by atoms with E-state index in [2.05, 4.69) is 4.74 Å². The van der Waals surface area contributed by atoms with Crippen LogP contribution in [0, 0.1) is 17.2 Å². The lowest BCUT2D eigenvalue weighted by Crippen LogP contribution is -2.25. The summed E-state index contributed by atoms with van der Waals surface area (Å²) >= 11 is 0. The average molecular weight is 183 g/mol. The zero-order valence-electron chi connectivity index (χ0n) is 7.87. The molecule has 0 aromatic rings. The lowest BCUT2D eigenvalue weighted by atomic mass is 9.99. The van der Waals surface area contributed by atoms with Crippen LogP contribution in [0.3, 0.4) is 0 Å². The van der Waals surface area contributed by atoms with Crippen molar-refractivity contribution in [2.45, 2.75) is 26.7 Å². The van der Waals surface area contributed by atoms with Gasteiger partial charge in [-0.1, -0.05) is 6.92 Å². The van der Waals surface area contributed by atoms with E-state index in [1.54, 1.807) is 19.9 Å². The Hall–Kier alpha value is -1.37. The fourth-order valence-electron chi connectivity index (χ4n) is 0.909. The van der Waals surface area contributed by atoms with Crippen LogP contribution in [0.1, 0.15) is 26.7 Å². The molecule has 0 aliphatic heterocycles. The standard InChI is InChI=1S/C9H13NO3/c1-3-8(11)7(5-6-10)9(12)13-4-2/h7H,3-5H2,1-2H3. The molecule has 1 unspecified atom stereocenters. The van der Waals surface area contributed by atoms with Gasteiger partial charge in [-0.25, -0.2) is 0 Å². The lowest BCUT2D eigenvalue weighted by molar-refractivity contribution is -0.151. The van der Waals surface area contributed by atoms with Crippen molar-refractivity contribution < 1.29 is 14.3 Å². The number of rotatable bonds is 5. The van der Waals surface area contributed by atoms with E-state index in [-0.39, 0.29) is 25.2 Å². The molecule has 0 bridgehead atoms. The van der Waals surface area contributed by atoms with E-state index in [4.69, 9.17) is 5.26 Å². The topological polar surface area (TPSA) is 67.2 Å². The Balaban J connectivity index is 4.33. The number of ether oxygens (including phenoxy) is 1. The molecule has 4 nitrogen and oxygen atoms in total. The fourth-order valence-corrected chi connectivity index (χ4v) is 0.909. The Labute approximate surface area is 77.5 Å². The molecule has 0 N–H and O–H groups in total. The lowest BCUT2D eigenvalue weighted by Gasteiger charge is -2.09. The maximum absolute atomic E-state index is 11.2. The highest BCUT2D eigenvalue weighted by atomic mass is 16.5. The van der Waals surface area contributed by atoms with E-state index in [1.807, 2.05) is 0 Å². The SMILES string of the molecule is CCOC(=O)C(CC#N)C(=O)CC. The summed E-state index contributed by atoms with van der Waals surface area (Å²) < 4.78 is 4.67. The van der Waals surface area contributed by atoms with E-state index >= 15 is 0 Å². The third-order valence-electron chi connectivity index (χ3n) is 1.60. The van der Waals surface area contributed by atoms with Gasteiger partial charge in [-0.15, -0.1) is 0 Å². The van der Waals surface area contributed by atoms with E-state index < -0.39 is 11.9 Å². The zero-order chi connectivity index (χ0) is 10.3. The van der Waals surface area contributed by atoms with E-state index in [0.29, 0.717) is 0 Å². The number of nitrogens with zero attached hydrogens (tertiary/aromatic N) is 1. The van der Waals surface area contributed by atoms with Gasteiger partial charge in [0.2, 0.25) is 0 Å². The summed E-state index contributed by atoms with van der Waals surface area (Å²) in [5.41, 5.74) is 0. The van der Waals surface area contributed by atoms with Crippen molar-refractivity contribution in [1.82, 2.24) is 0 Å². The summed E-state index contributed by atoms with van der Waals surface area (Å²) in [6.07, 6.45) is 0.163. The molecule has 0 heterocycles. The number of hydrogen-bond donors (Lipinski definition) is 0. The van der Waals surface area contributed by atoms with Crippen LogP contribution in [0.5, 0.6) is 0 Å². The summed E-state index contributed by atoms with van der Waals surface area (Å²) in [6.45, 7) is 3.56. The Kier molecular flexibility index (Phi) is 5.53. The number of hydrogen-bond acceptors (Lipinski definition) is 4. The molecule has 0 radical (unpaired) electrons. The Morgan fingerprint density at radius 3 is 2.46 bits per heavy atom. The number of Topliss-reactive ketones (excluding diaryl/α,β-unsaturated/α-hetero) is 1. The highest BCUT2D eigenvalue weighted by molar-refractivity contribution is 5.99. The second kappa shape index (κ2) is 6.18. The Morgan fingerprint density at radius 1 is 1.46 bits per heavy atom. The van der Waals surface area contributed by atoms with Crippen LogP contribution >= 0.6 is 0 Å². The molecule has 0 spiro atoms. The molecule has 0 aromatic carbocycles. The van der Waals surface area contributed by atoms with Crippen LogP contribution in [0.15, 0.2) is 0 Å². The van der Waals surface area contributed by atoms with Crippen molar-refractivity contribution in [1.29, 1.82) is 5.26 Å². The maximum Gasteiger partial charge on any atom is 0.317 e. The highest BCUT2D eigenvalue weighted by Gasteiger charge is 2.25. The molecule has 0 amide bonds. The predicted octanol–water partition coefficient (Wildman–Crippen LogP) is 1.06. The largest absolute Gasteiger partial charge is 0.465 e. The summed E-state index contributed by atoms with van der Waals surface area (Å²) in [5, 5.41) is 8.39. The molecular formula is C9H13NO3. The van der Waals surface area contributed by atoms with E-state index in [1.165, 1.54) is 0 Å². The van der Waals surface area contributed by atoms with Gasteiger partial charge in [0.25, 0.3) is 0 Å². The van der Waals surface area contributed by atoms with E-state index in [0.717, 1.165) is 0 Å². The number of carbonyl (C=O) groups excluding carboxylic acids is 2. The number of nitriles is 1. The van der Waals surface area contributed by atoms with Gasteiger partial charge in [-0.05, 0) is 6.92 Å². The summed E-state index contributed by atoms with van der Waals surface area (Å²) in [7, 11) is 0. The molecular weight excluding hydrogens is 170 g/mol. The van der Waals surface area contributed by atoms with Crippen molar-refractivity contribution in [2.75, 3.05) is 6.61 Å². The van der Waals surface area contributed by atoms with Crippen molar-refractivity contribution in [3.63, 3.8) is 0 Å². The first-order valence-corrected chi connectivity index (χ1v) is 4.23. The molecule has 72 valence electrons. The number of ketones is 1. The monoisotopic (exact) mass is 183 g/mol. The van der Waals surface area contributed by atoms with Gasteiger partial charge in [0.1, 0.15) is 11.7 Å². The van der Waals surface area contributed by atoms with Crippen molar-refractivity contribution in [2.24, 2.45) is 5.92 Å². The van der Waals surface area contributed by atoms with Gasteiger partial charge in [-0.3, -0.25) is 9.59 Å². The van der Waals surface area contributed by atoms with Crippen LogP contribution in [0.25, 0.3) is 0 Å². The Morgan fingerprint density at radius 2 is 2.08 bits per heavy atom. The second-order valence-corrected chi connectivity index (χ2v) is 2.49. The third kappa shape index (κ3) is 3.70. The molecule has 0 rings (SSSR count). The van der Waals surface area contributed by atoms with Crippen LogP contribution < -0.4 is 0 Å². The van der Waals surface area contributed by atoms with Crippen LogP contribution in [0.2, 0.25) is 0 Å². The van der Waals surface area contributed by atoms with Gasteiger partial charge in [0, 0.05) is 6.42 Å². The summed E-state index contributed by atoms with van der Waals surface area (Å²) in [5.74, 6) is -1.72. The molecule has 0 fully saturated rings. The highest BCUT2D eigenvalue weighted by Crippen LogP contribution is 2.08. The zero-order valence-corrected chi connectivity index (χ0v) is 7.87. The minimum absolute atomic E-state index is 0.0918. The van der Waals surface area contributed by atoms with Gasteiger partial charge in [0.05, 0.1) is 19.1 Å². The van der Waals surface area contributed by atoms with Gasteiger partial charge in [0.15, 0.2) is 0 Å². The van der Waals surface area contributed by atoms with Crippen molar-refractivity contribution in [3.8, 4) is 6.07 Å². The smallest absolute Gasteiger partial charge is 0.317 e. The average Bonchev–Trinajstić information content (AvgIpc) is 2.13. The quantitative estimate of drug-likeness (QED) is 0.472. The van der Waals surface area contributed by atoms with Crippen LogP contribution in [-0.2, 0) is 14.3 Å². The first-order valence-electron chi connectivity index (χ1n) is 4.23. The van der Waals surface area contributed by atoms with Gasteiger partial charge >= 0.3 is 5.97 Å². The minimum Gasteiger partial charge on any atom is -0.465 e. The van der Waals surface area contributed by atoms with E-state index in [9.17, 15) is 9.59 Å². The van der Waals surface area contributed by atoms with Gasteiger partial charge in [-0.2, -0.15) is 5.26 Å². The molecule has 1 atom stereocenters. The van der Waals surface area contributed by atoms with Crippen molar-refractivity contribution >= 4 is 11.8 Å². The molecule has 0 aliphatic carbocycles. The first kappa shape index (κ1) is 11.6. The second-order valence-electron chi connectivity index (χ2n) is 2.49. The molecule has 0 saturated carbocycles. The first-order chi connectivity index (χ1) is 6.17. The van der Waals surface area contributed by atoms with Gasteiger partial charge < -0.3 is 4.74 Å². The molecule has 0 aliphatic rings. The molecule has 4 heteroatoms. The third-order valence-corrected chi connectivity index (χ3v) is 1.60. The number of esters is 1. The molecule has 0 saturated heterocycles. The van der Waals surface area contributed by atoms with Crippen LogP contribution in [0.4, 0.5) is 0 Å². The predicted molar refractivity (Wildman–Crippen MR) is 45.7 cm³/mol. The Bertz CT molecular complexity index is 230. The molecule has 13 heavy (non-hydrogen) atoms. The van der Waals surface area contributed by atoms with Crippen LogP contribution in [-0.4, -0.2) is 18.4 Å². The van der Waals surface area contributed by atoms with Crippen molar-refractivity contribution in [3.05, 3.63) is 0 Å². The summed E-state index contributed by atoms with van der Waals surface area (Å²) in [4.78, 5) is 22.3.